The van der Waals surface area contributed by atoms with Gasteiger partial charge in [-0.05, 0) is 55.6 Å². The zero-order valence-electron chi connectivity index (χ0n) is 19.7. The fourth-order valence-electron chi connectivity index (χ4n) is 3.65. The van der Waals surface area contributed by atoms with Crippen LogP contribution in [0.25, 0.3) is 33.3 Å². The molecule has 4 aromatic rings. The summed E-state index contributed by atoms with van der Waals surface area (Å²) in [4.78, 5) is 26.5. The summed E-state index contributed by atoms with van der Waals surface area (Å²) in [6.45, 7) is 0.689. The van der Waals surface area contributed by atoms with Gasteiger partial charge in [0.15, 0.2) is 0 Å². The van der Waals surface area contributed by atoms with Crippen molar-refractivity contribution < 1.29 is 9.53 Å². The number of benzene rings is 1. The highest BCUT2D eigenvalue weighted by atomic mass is 16.5. The minimum Gasteiger partial charge on any atom is -0.497 e. The van der Waals surface area contributed by atoms with E-state index < -0.39 is 0 Å². The third-order valence-corrected chi connectivity index (χ3v) is 5.34. The lowest BCUT2D eigenvalue weighted by Crippen LogP contribution is -2.13. The molecule has 0 aliphatic heterocycles. The second-order valence-electron chi connectivity index (χ2n) is 8.11. The molecule has 0 fully saturated rings. The molecule has 0 spiro atoms. The summed E-state index contributed by atoms with van der Waals surface area (Å²) in [5.41, 5.74) is 5.31. The summed E-state index contributed by atoms with van der Waals surface area (Å²) in [7, 11) is 7.35. The third kappa shape index (κ3) is 5.24. The molecule has 3 aromatic heterocycles. The average molecular weight is 457 g/mol. The van der Waals surface area contributed by atoms with Crippen molar-refractivity contribution in [1.82, 2.24) is 19.9 Å². The number of nitrogens with one attached hydrogen (secondary N) is 3. The second kappa shape index (κ2) is 10.2. The van der Waals surface area contributed by atoms with Gasteiger partial charge in [0.05, 0.1) is 7.11 Å². The Morgan fingerprint density at radius 2 is 1.97 bits per heavy atom. The number of amides is 1. The quantitative estimate of drug-likeness (QED) is 0.340. The molecule has 1 aromatic carbocycles. The molecule has 0 aliphatic carbocycles. The van der Waals surface area contributed by atoms with E-state index in [1.54, 1.807) is 19.4 Å². The average Bonchev–Trinajstić information content (AvgIpc) is 3.27. The monoisotopic (exact) mass is 456 g/mol. The van der Waals surface area contributed by atoms with E-state index in [9.17, 15) is 4.79 Å². The van der Waals surface area contributed by atoms with Crippen LogP contribution in [0, 0.1) is 0 Å². The Balaban J connectivity index is 1.69. The summed E-state index contributed by atoms with van der Waals surface area (Å²) in [6.07, 6.45) is 8.90. The normalized spacial score (nSPS) is 11.3. The van der Waals surface area contributed by atoms with E-state index in [-0.39, 0.29) is 5.91 Å². The molecule has 1 amide bonds. The van der Waals surface area contributed by atoms with Crippen LogP contribution in [-0.4, -0.2) is 60.6 Å². The highest BCUT2D eigenvalue weighted by Gasteiger charge is 2.12. The fourth-order valence-corrected chi connectivity index (χ4v) is 3.65. The molecular weight excluding hydrogens is 428 g/mol. The highest BCUT2D eigenvalue weighted by Crippen LogP contribution is 2.34. The van der Waals surface area contributed by atoms with E-state index in [1.807, 2.05) is 68.8 Å². The molecule has 0 radical (unpaired) electrons. The van der Waals surface area contributed by atoms with E-state index in [0.29, 0.717) is 18.0 Å². The topological polar surface area (TPSA) is 95.2 Å². The minimum absolute atomic E-state index is 0.194. The van der Waals surface area contributed by atoms with Gasteiger partial charge in [-0.3, -0.25) is 4.79 Å². The van der Waals surface area contributed by atoms with Crippen molar-refractivity contribution in [3.8, 4) is 28.0 Å². The molecule has 3 N–H and O–H groups in total. The molecule has 0 bridgehead atoms. The molecule has 34 heavy (non-hydrogen) atoms. The summed E-state index contributed by atoms with van der Waals surface area (Å²) < 4.78 is 5.49. The van der Waals surface area contributed by atoms with Crippen LogP contribution >= 0.6 is 0 Å². The summed E-state index contributed by atoms with van der Waals surface area (Å²) in [6, 6.07) is 11.7. The second-order valence-corrected chi connectivity index (χ2v) is 8.11. The number of aromatic nitrogens is 3. The van der Waals surface area contributed by atoms with Gasteiger partial charge in [0.2, 0.25) is 5.91 Å². The Kier molecular flexibility index (Phi) is 6.89. The van der Waals surface area contributed by atoms with Crippen molar-refractivity contribution in [3.05, 3.63) is 67.1 Å². The van der Waals surface area contributed by atoms with Crippen LogP contribution in [0.15, 0.2) is 67.1 Å². The molecule has 0 saturated heterocycles. The minimum atomic E-state index is -0.194. The molecule has 0 atom stereocenters. The number of carbonyl (C=O) groups is 1. The SMILES string of the molecule is CNc1cc(-c2c[nH]c3ncc(-c4cc(NC(=O)C=CCN(C)C)cc(OC)c4)cc23)ccn1. The van der Waals surface area contributed by atoms with Crippen molar-refractivity contribution in [1.29, 1.82) is 0 Å². The van der Waals surface area contributed by atoms with Gasteiger partial charge in [-0.2, -0.15) is 0 Å². The maximum Gasteiger partial charge on any atom is 0.248 e. The highest BCUT2D eigenvalue weighted by molar-refractivity contribution is 6.00. The van der Waals surface area contributed by atoms with Gasteiger partial charge >= 0.3 is 0 Å². The van der Waals surface area contributed by atoms with Gasteiger partial charge in [-0.1, -0.05) is 6.08 Å². The number of likely N-dealkylation sites (N-methyl/N-ethyl adjacent to an activating group) is 1. The maximum atomic E-state index is 12.4. The Labute approximate surface area is 198 Å². The van der Waals surface area contributed by atoms with E-state index in [4.69, 9.17) is 4.74 Å². The molecule has 4 rings (SSSR count). The first-order chi connectivity index (χ1) is 16.5. The summed E-state index contributed by atoms with van der Waals surface area (Å²) >= 11 is 0. The summed E-state index contributed by atoms with van der Waals surface area (Å²) in [5, 5.41) is 6.98. The smallest absolute Gasteiger partial charge is 0.248 e. The molecule has 0 saturated carbocycles. The summed E-state index contributed by atoms with van der Waals surface area (Å²) in [5.74, 6) is 1.25. The Morgan fingerprint density at radius 3 is 2.74 bits per heavy atom. The van der Waals surface area contributed by atoms with E-state index >= 15 is 0 Å². The van der Waals surface area contributed by atoms with Crippen molar-refractivity contribution in [2.24, 2.45) is 0 Å². The maximum absolute atomic E-state index is 12.4. The first-order valence-corrected chi connectivity index (χ1v) is 10.9. The van der Waals surface area contributed by atoms with Gasteiger partial charge in [-0.15, -0.1) is 0 Å². The van der Waals surface area contributed by atoms with E-state index in [0.717, 1.165) is 39.1 Å². The standard InChI is InChI=1S/C26H28N6O2/c1-27-24-13-17(7-8-28-24)23-16-30-26-22(23)12-19(15-29-26)18-10-20(14-21(11-18)34-4)31-25(33)6-5-9-32(2)3/h5-8,10-16H,9H2,1-4H3,(H,27,28)(H,29,30)(H,31,33). The molecule has 0 aliphatic rings. The van der Waals surface area contributed by atoms with Crippen LogP contribution < -0.4 is 15.4 Å². The van der Waals surface area contributed by atoms with Crippen LogP contribution in [0.2, 0.25) is 0 Å². The number of rotatable bonds is 8. The molecule has 3 heterocycles. The van der Waals surface area contributed by atoms with Crippen molar-refractivity contribution in [3.63, 3.8) is 0 Å². The van der Waals surface area contributed by atoms with Crippen molar-refractivity contribution in [2.45, 2.75) is 0 Å². The van der Waals surface area contributed by atoms with Gasteiger partial charge in [0.1, 0.15) is 17.2 Å². The Hall–Kier alpha value is -4.17. The van der Waals surface area contributed by atoms with Crippen LogP contribution in [0.3, 0.4) is 0 Å². The molecule has 8 nitrogen and oxygen atoms in total. The predicted molar refractivity (Wildman–Crippen MR) is 137 cm³/mol. The lowest BCUT2D eigenvalue weighted by Gasteiger charge is -2.10. The van der Waals surface area contributed by atoms with Crippen molar-refractivity contribution >= 4 is 28.4 Å². The number of carbonyl (C=O) groups excluding carboxylic acids is 1. The number of H-pyrrole nitrogens is 1. The number of methoxy groups -OCH3 is 1. The molecule has 0 unspecified atom stereocenters. The van der Waals surface area contributed by atoms with Gasteiger partial charge in [0.25, 0.3) is 0 Å². The number of fused-ring (bicyclic) bond motifs is 1. The van der Waals surface area contributed by atoms with Crippen LogP contribution in [0.4, 0.5) is 11.5 Å². The molecule has 8 heteroatoms. The first kappa shape index (κ1) is 23.0. The Morgan fingerprint density at radius 1 is 1.12 bits per heavy atom. The third-order valence-electron chi connectivity index (χ3n) is 5.34. The van der Waals surface area contributed by atoms with Gasteiger partial charge in [-0.25, -0.2) is 9.97 Å². The lowest BCUT2D eigenvalue weighted by molar-refractivity contribution is -0.111. The Bertz CT molecular complexity index is 1340. The van der Waals surface area contributed by atoms with Gasteiger partial charge in [0, 0.05) is 66.5 Å². The number of nitrogens with zero attached hydrogens (tertiary/aromatic N) is 3. The number of pyridine rings is 2. The number of hydrogen-bond donors (Lipinski definition) is 3. The van der Waals surface area contributed by atoms with Crippen LogP contribution in [-0.2, 0) is 4.79 Å². The first-order valence-electron chi connectivity index (χ1n) is 10.9. The zero-order valence-corrected chi connectivity index (χ0v) is 19.7. The number of hydrogen-bond acceptors (Lipinski definition) is 6. The van der Waals surface area contributed by atoms with Crippen molar-refractivity contribution in [2.75, 3.05) is 45.4 Å². The van der Waals surface area contributed by atoms with Gasteiger partial charge < -0.3 is 25.3 Å². The van der Waals surface area contributed by atoms with E-state index in [2.05, 4.69) is 31.7 Å². The number of ether oxygens (including phenoxy) is 1. The molecule has 174 valence electrons. The fraction of sp³-hybridized carbons (Fsp3) is 0.192. The number of aromatic amines is 1. The van der Waals surface area contributed by atoms with E-state index in [1.165, 1.54) is 6.08 Å². The predicted octanol–water partition coefficient (Wildman–Crippen LogP) is 4.40. The zero-order chi connectivity index (χ0) is 24.1. The van der Waals surface area contributed by atoms with Crippen LogP contribution in [0.5, 0.6) is 5.75 Å². The van der Waals surface area contributed by atoms with Crippen LogP contribution in [0.1, 0.15) is 0 Å². The number of anilines is 2. The lowest BCUT2D eigenvalue weighted by atomic mass is 10.0. The molecular formula is C26H28N6O2. The largest absolute Gasteiger partial charge is 0.497 e.